The molecule has 2 aromatic rings. The van der Waals surface area contributed by atoms with E-state index in [0.717, 1.165) is 19.2 Å². The summed E-state index contributed by atoms with van der Waals surface area (Å²) in [7, 11) is 1.14. The van der Waals surface area contributed by atoms with Crippen LogP contribution < -0.4 is 5.32 Å². The first-order valence-corrected chi connectivity index (χ1v) is 8.37. The highest BCUT2D eigenvalue weighted by molar-refractivity contribution is 5.97. The second kappa shape index (κ2) is 8.73. The summed E-state index contributed by atoms with van der Waals surface area (Å²) >= 11 is 0. The molecular formula is C20H21F2NO4. The fourth-order valence-electron chi connectivity index (χ4n) is 2.52. The van der Waals surface area contributed by atoms with E-state index < -0.39 is 29.6 Å². The number of carbonyl (C=O) groups is 2. The van der Waals surface area contributed by atoms with Gasteiger partial charge in [0.25, 0.3) is 0 Å². The fraction of sp³-hybridized carbons (Fsp3) is 0.300. The summed E-state index contributed by atoms with van der Waals surface area (Å²) in [4.78, 5) is 23.6. The van der Waals surface area contributed by atoms with Gasteiger partial charge in [0.15, 0.2) is 0 Å². The number of amides is 1. The average molecular weight is 377 g/mol. The molecule has 5 nitrogen and oxygen atoms in total. The van der Waals surface area contributed by atoms with E-state index >= 15 is 0 Å². The van der Waals surface area contributed by atoms with Crippen LogP contribution in [0.4, 0.5) is 8.78 Å². The Morgan fingerprint density at radius 3 is 2.44 bits per heavy atom. The minimum absolute atomic E-state index is 0.109. The minimum Gasteiger partial charge on any atom is -0.465 e. The zero-order chi connectivity index (χ0) is 20.1. The van der Waals surface area contributed by atoms with E-state index in [1.54, 1.807) is 13.8 Å². The summed E-state index contributed by atoms with van der Waals surface area (Å²) < 4.78 is 33.1. The van der Waals surface area contributed by atoms with Crippen LogP contribution in [0, 0.1) is 17.6 Å². The summed E-state index contributed by atoms with van der Waals surface area (Å²) in [5.41, 5.74) is 0.413. The van der Waals surface area contributed by atoms with Crippen molar-refractivity contribution in [3.63, 3.8) is 0 Å². The summed E-state index contributed by atoms with van der Waals surface area (Å²) in [6.07, 6.45) is -1.18. The minimum atomic E-state index is -1.18. The number of aliphatic hydroxyl groups excluding tert-OH is 1. The quantitative estimate of drug-likeness (QED) is 0.759. The highest BCUT2D eigenvalue weighted by Gasteiger charge is 2.20. The molecular weight excluding hydrogens is 356 g/mol. The lowest BCUT2D eigenvalue weighted by Crippen LogP contribution is -2.37. The molecule has 0 aliphatic rings. The van der Waals surface area contributed by atoms with E-state index in [0.29, 0.717) is 5.56 Å². The third kappa shape index (κ3) is 4.68. The molecule has 2 rings (SSSR count). The lowest BCUT2D eigenvalue weighted by atomic mass is 9.98. The molecule has 0 unspecified atom stereocenters. The Bertz CT molecular complexity index is 852. The molecule has 0 radical (unpaired) electrons. The summed E-state index contributed by atoms with van der Waals surface area (Å²) in [5, 5.41) is 12.1. The Balaban J connectivity index is 2.27. The van der Waals surface area contributed by atoms with E-state index in [1.165, 1.54) is 24.3 Å². The number of nitrogens with one attached hydrogen (secondary N) is 1. The van der Waals surface area contributed by atoms with E-state index in [2.05, 4.69) is 10.1 Å². The number of halogens is 2. The highest BCUT2D eigenvalue weighted by atomic mass is 19.1. The molecule has 7 heteroatoms. The number of hydrogen-bond donors (Lipinski definition) is 2. The number of ether oxygens (including phenoxy) is 1. The number of aliphatic hydroxyl groups is 1. The smallest absolute Gasteiger partial charge is 0.341 e. The fourth-order valence-corrected chi connectivity index (χ4v) is 2.52. The molecule has 0 saturated heterocycles. The molecule has 144 valence electrons. The molecule has 0 saturated carbocycles. The van der Waals surface area contributed by atoms with Crippen LogP contribution in [0.2, 0.25) is 0 Å². The van der Waals surface area contributed by atoms with Crippen LogP contribution in [0.3, 0.4) is 0 Å². The van der Waals surface area contributed by atoms with Gasteiger partial charge in [-0.2, -0.15) is 0 Å². The first kappa shape index (κ1) is 20.5. The molecule has 27 heavy (non-hydrogen) atoms. The maximum Gasteiger partial charge on any atom is 0.341 e. The zero-order valence-corrected chi connectivity index (χ0v) is 15.3. The van der Waals surface area contributed by atoms with Crippen molar-refractivity contribution in [1.29, 1.82) is 0 Å². The number of esters is 1. The summed E-state index contributed by atoms with van der Waals surface area (Å²) in [5.74, 6) is -3.11. The third-order valence-corrected chi connectivity index (χ3v) is 4.12. The number of carbonyl (C=O) groups excluding carboxylic acids is 2. The second-order valence-electron chi connectivity index (χ2n) is 6.37. The van der Waals surface area contributed by atoms with Crippen molar-refractivity contribution in [3.05, 3.63) is 59.2 Å². The van der Waals surface area contributed by atoms with Crippen molar-refractivity contribution >= 4 is 11.9 Å². The van der Waals surface area contributed by atoms with Gasteiger partial charge < -0.3 is 15.2 Å². The van der Waals surface area contributed by atoms with Gasteiger partial charge in [-0.3, -0.25) is 4.79 Å². The first-order valence-electron chi connectivity index (χ1n) is 8.37. The van der Waals surface area contributed by atoms with Gasteiger partial charge in [0.05, 0.1) is 7.11 Å². The SMILES string of the molecule is COC(=O)c1c(F)cccc1-c1ccc(CNC(=O)[C@@H](O)C(C)C)c(F)c1. The Morgan fingerprint density at radius 1 is 1.15 bits per heavy atom. The van der Waals surface area contributed by atoms with Crippen molar-refractivity contribution in [2.75, 3.05) is 7.11 Å². The number of benzene rings is 2. The Kier molecular flexibility index (Phi) is 6.63. The van der Waals surface area contributed by atoms with Crippen molar-refractivity contribution in [2.45, 2.75) is 26.5 Å². The average Bonchev–Trinajstić information content (AvgIpc) is 2.65. The molecule has 1 atom stereocenters. The Hall–Kier alpha value is -2.80. The van der Waals surface area contributed by atoms with E-state index in [1.807, 2.05) is 0 Å². The first-order chi connectivity index (χ1) is 12.8. The summed E-state index contributed by atoms with van der Waals surface area (Å²) in [6.45, 7) is 3.27. The monoisotopic (exact) mass is 377 g/mol. The van der Waals surface area contributed by atoms with Gasteiger partial charge in [0, 0.05) is 12.1 Å². The molecule has 0 bridgehead atoms. The predicted molar refractivity (Wildman–Crippen MR) is 95.8 cm³/mol. The van der Waals surface area contributed by atoms with Gasteiger partial charge in [-0.15, -0.1) is 0 Å². The van der Waals surface area contributed by atoms with Crippen molar-refractivity contribution < 1.29 is 28.2 Å². The van der Waals surface area contributed by atoms with Gasteiger partial charge in [0.2, 0.25) is 5.91 Å². The molecule has 0 aromatic heterocycles. The standard InChI is InChI=1S/C20H21F2NO4/c1-11(2)18(24)19(25)23-10-13-8-7-12(9-16(13)22)14-5-4-6-15(21)17(14)20(26)27-3/h4-9,11,18,24H,10H2,1-3H3,(H,23,25)/t18-/m0/s1. The number of methoxy groups -OCH3 is 1. The van der Waals surface area contributed by atoms with Gasteiger partial charge in [-0.25, -0.2) is 13.6 Å². The second-order valence-corrected chi connectivity index (χ2v) is 6.37. The van der Waals surface area contributed by atoms with Gasteiger partial charge in [-0.1, -0.05) is 38.1 Å². The van der Waals surface area contributed by atoms with E-state index in [-0.39, 0.29) is 29.2 Å². The molecule has 0 heterocycles. The van der Waals surface area contributed by atoms with Gasteiger partial charge in [-0.05, 0) is 29.2 Å². The van der Waals surface area contributed by atoms with Crippen LogP contribution in [-0.4, -0.2) is 30.2 Å². The molecule has 0 aliphatic heterocycles. The van der Waals surface area contributed by atoms with Crippen LogP contribution in [0.1, 0.15) is 29.8 Å². The largest absolute Gasteiger partial charge is 0.465 e. The Labute approximate surface area is 156 Å². The van der Waals surface area contributed by atoms with Gasteiger partial charge in [0.1, 0.15) is 23.3 Å². The predicted octanol–water partition coefficient (Wildman–Crippen LogP) is 3.05. The number of rotatable bonds is 6. The van der Waals surface area contributed by atoms with E-state index in [9.17, 15) is 23.5 Å². The maximum atomic E-state index is 14.4. The molecule has 2 N–H and O–H groups in total. The van der Waals surface area contributed by atoms with Crippen molar-refractivity contribution in [1.82, 2.24) is 5.32 Å². The zero-order valence-electron chi connectivity index (χ0n) is 15.3. The van der Waals surface area contributed by atoms with Crippen LogP contribution in [0.25, 0.3) is 11.1 Å². The Morgan fingerprint density at radius 2 is 1.85 bits per heavy atom. The summed E-state index contributed by atoms with van der Waals surface area (Å²) in [6, 6.07) is 8.13. The van der Waals surface area contributed by atoms with Crippen LogP contribution in [0.15, 0.2) is 36.4 Å². The van der Waals surface area contributed by atoms with Crippen LogP contribution >= 0.6 is 0 Å². The lowest BCUT2D eigenvalue weighted by molar-refractivity contribution is -0.131. The lowest BCUT2D eigenvalue weighted by Gasteiger charge is -2.15. The van der Waals surface area contributed by atoms with Crippen LogP contribution in [-0.2, 0) is 16.1 Å². The van der Waals surface area contributed by atoms with Crippen LogP contribution in [0.5, 0.6) is 0 Å². The molecule has 0 spiro atoms. The topological polar surface area (TPSA) is 75.6 Å². The highest BCUT2D eigenvalue weighted by Crippen LogP contribution is 2.28. The van der Waals surface area contributed by atoms with E-state index in [4.69, 9.17) is 0 Å². The third-order valence-electron chi connectivity index (χ3n) is 4.12. The molecule has 2 aromatic carbocycles. The molecule has 1 amide bonds. The number of hydrogen-bond acceptors (Lipinski definition) is 4. The van der Waals surface area contributed by atoms with Crippen molar-refractivity contribution in [3.8, 4) is 11.1 Å². The maximum absolute atomic E-state index is 14.4. The normalized spacial score (nSPS) is 12.0. The molecule has 0 fully saturated rings. The molecule has 0 aliphatic carbocycles. The van der Waals surface area contributed by atoms with Gasteiger partial charge >= 0.3 is 5.97 Å². The van der Waals surface area contributed by atoms with Crippen molar-refractivity contribution in [2.24, 2.45) is 5.92 Å².